The number of aromatic nitrogens is 1. The molecule has 0 saturated heterocycles. The van der Waals surface area contributed by atoms with Crippen molar-refractivity contribution in [3.8, 4) is 0 Å². The third kappa shape index (κ3) is 3.30. The molecule has 1 unspecified atom stereocenters. The summed E-state index contributed by atoms with van der Waals surface area (Å²) in [6.45, 7) is 1.88. The van der Waals surface area contributed by atoms with E-state index in [-0.39, 0.29) is 23.8 Å². The van der Waals surface area contributed by atoms with E-state index in [1.807, 2.05) is 25.1 Å². The van der Waals surface area contributed by atoms with Gasteiger partial charge in [-0.1, -0.05) is 6.07 Å². The van der Waals surface area contributed by atoms with Crippen molar-refractivity contribution in [1.29, 1.82) is 0 Å². The zero-order valence-corrected chi connectivity index (χ0v) is 10.9. The van der Waals surface area contributed by atoms with Crippen molar-refractivity contribution in [3.63, 3.8) is 0 Å². The molecule has 1 fully saturated rings. The van der Waals surface area contributed by atoms with Gasteiger partial charge in [0.25, 0.3) is 0 Å². The van der Waals surface area contributed by atoms with E-state index in [1.54, 1.807) is 6.20 Å². The molecule has 0 radical (unpaired) electrons. The number of hydrogen-bond donors (Lipinski definition) is 2. The fraction of sp³-hybridized carbons (Fsp3) is 0.500. The largest absolute Gasteiger partial charge is 0.481 e. The molecule has 102 valence electrons. The smallest absolute Gasteiger partial charge is 0.306 e. The molecule has 0 bridgehead atoms. The minimum atomic E-state index is -0.798. The third-order valence-corrected chi connectivity index (χ3v) is 3.64. The van der Waals surface area contributed by atoms with Gasteiger partial charge in [0, 0.05) is 12.1 Å². The number of hydrogen-bond acceptors (Lipinski definition) is 3. The standard InChI is InChI=1S/C14H18N2O3/c1-9(12-4-2-3-7-15-12)16-13(17)10-5-6-11(8-10)14(18)19/h2-4,7,9-11H,5-6,8H2,1H3,(H,16,17)(H,18,19)/t9?,10-,11+/m1/s1. The van der Waals surface area contributed by atoms with Gasteiger partial charge in [0.05, 0.1) is 17.7 Å². The van der Waals surface area contributed by atoms with Gasteiger partial charge in [-0.3, -0.25) is 14.6 Å². The van der Waals surface area contributed by atoms with Crippen LogP contribution in [0.3, 0.4) is 0 Å². The molecular formula is C14H18N2O3. The highest BCUT2D eigenvalue weighted by Gasteiger charge is 2.34. The summed E-state index contributed by atoms with van der Waals surface area (Å²) in [6.07, 6.45) is 3.37. The van der Waals surface area contributed by atoms with Crippen molar-refractivity contribution in [1.82, 2.24) is 10.3 Å². The molecule has 3 atom stereocenters. The predicted molar refractivity (Wildman–Crippen MR) is 69.3 cm³/mol. The number of carbonyl (C=O) groups is 2. The zero-order chi connectivity index (χ0) is 13.8. The van der Waals surface area contributed by atoms with E-state index in [1.165, 1.54) is 0 Å². The maximum Gasteiger partial charge on any atom is 0.306 e. The van der Waals surface area contributed by atoms with Gasteiger partial charge >= 0.3 is 5.97 Å². The Morgan fingerprint density at radius 1 is 1.37 bits per heavy atom. The molecule has 0 aliphatic heterocycles. The molecule has 1 amide bonds. The van der Waals surface area contributed by atoms with Gasteiger partial charge in [-0.05, 0) is 38.3 Å². The van der Waals surface area contributed by atoms with E-state index in [0.717, 1.165) is 5.69 Å². The molecule has 1 aromatic rings. The predicted octanol–water partition coefficient (Wildman–Crippen LogP) is 1.76. The van der Waals surface area contributed by atoms with Crippen LogP contribution in [0.5, 0.6) is 0 Å². The average Bonchev–Trinajstić information content (AvgIpc) is 2.89. The van der Waals surface area contributed by atoms with Crippen molar-refractivity contribution in [2.24, 2.45) is 11.8 Å². The summed E-state index contributed by atoms with van der Waals surface area (Å²) in [5, 5.41) is 11.8. The Labute approximate surface area is 112 Å². The quantitative estimate of drug-likeness (QED) is 0.866. The molecule has 1 heterocycles. The lowest BCUT2D eigenvalue weighted by Crippen LogP contribution is -2.32. The summed E-state index contributed by atoms with van der Waals surface area (Å²) >= 11 is 0. The minimum absolute atomic E-state index is 0.0677. The summed E-state index contributed by atoms with van der Waals surface area (Å²) in [7, 11) is 0. The first kappa shape index (κ1) is 13.5. The number of nitrogens with one attached hydrogen (secondary N) is 1. The number of pyridine rings is 1. The molecule has 19 heavy (non-hydrogen) atoms. The van der Waals surface area contributed by atoms with Crippen LogP contribution < -0.4 is 5.32 Å². The van der Waals surface area contributed by atoms with Gasteiger partial charge in [-0.25, -0.2) is 0 Å². The molecule has 2 rings (SSSR count). The second kappa shape index (κ2) is 5.82. The van der Waals surface area contributed by atoms with Gasteiger partial charge in [-0.15, -0.1) is 0 Å². The second-order valence-corrected chi connectivity index (χ2v) is 5.03. The molecule has 0 aromatic carbocycles. The van der Waals surface area contributed by atoms with E-state index in [0.29, 0.717) is 19.3 Å². The highest BCUT2D eigenvalue weighted by Crippen LogP contribution is 2.31. The Bertz CT molecular complexity index is 461. The van der Waals surface area contributed by atoms with Crippen molar-refractivity contribution in [3.05, 3.63) is 30.1 Å². The lowest BCUT2D eigenvalue weighted by molar-refractivity contribution is -0.141. The first-order valence-corrected chi connectivity index (χ1v) is 6.52. The van der Waals surface area contributed by atoms with Crippen molar-refractivity contribution < 1.29 is 14.7 Å². The molecule has 0 spiro atoms. The van der Waals surface area contributed by atoms with Gasteiger partial charge in [0.2, 0.25) is 5.91 Å². The van der Waals surface area contributed by atoms with Crippen LogP contribution in [0.4, 0.5) is 0 Å². The Kier molecular flexibility index (Phi) is 4.14. The van der Waals surface area contributed by atoms with Crippen LogP contribution in [0.15, 0.2) is 24.4 Å². The Morgan fingerprint density at radius 2 is 2.11 bits per heavy atom. The number of nitrogens with zero attached hydrogens (tertiary/aromatic N) is 1. The van der Waals surface area contributed by atoms with Crippen molar-refractivity contribution in [2.45, 2.75) is 32.2 Å². The third-order valence-electron chi connectivity index (χ3n) is 3.64. The van der Waals surface area contributed by atoms with E-state index in [2.05, 4.69) is 10.3 Å². The maximum atomic E-state index is 12.1. The first-order chi connectivity index (χ1) is 9.08. The van der Waals surface area contributed by atoms with E-state index in [4.69, 9.17) is 5.11 Å². The summed E-state index contributed by atoms with van der Waals surface area (Å²) in [6, 6.07) is 5.41. The molecular weight excluding hydrogens is 244 g/mol. The number of carboxylic acids is 1. The van der Waals surface area contributed by atoms with Crippen LogP contribution in [0.25, 0.3) is 0 Å². The molecule has 1 aliphatic carbocycles. The molecule has 5 nitrogen and oxygen atoms in total. The van der Waals surface area contributed by atoms with E-state index >= 15 is 0 Å². The molecule has 5 heteroatoms. The number of rotatable bonds is 4. The number of amides is 1. The van der Waals surface area contributed by atoms with Gasteiger partial charge in [0.15, 0.2) is 0 Å². The van der Waals surface area contributed by atoms with Gasteiger partial charge in [0.1, 0.15) is 0 Å². The van der Waals surface area contributed by atoms with Crippen LogP contribution >= 0.6 is 0 Å². The van der Waals surface area contributed by atoms with Crippen LogP contribution in [0.1, 0.15) is 37.9 Å². The van der Waals surface area contributed by atoms with Crippen molar-refractivity contribution >= 4 is 11.9 Å². The fourth-order valence-electron chi connectivity index (χ4n) is 2.48. The van der Waals surface area contributed by atoms with Crippen LogP contribution in [0, 0.1) is 11.8 Å². The highest BCUT2D eigenvalue weighted by molar-refractivity contribution is 5.81. The summed E-state index contributed by atoms with van der Waals surface area (Å²) < 4.78 is 0. The van der Waals surface area contributed by atoms with Gasteiger partial charge < -0.3 is 10.4 Å². The number of carbonyl (C=O) groups excluding carboxylic acids is 1. The molecule has 1 saturated carbocycles. The van der Waals surface area contributed by atoms with Crippen molar-refractivity contribution in [2.75, 3.05) is 0 Å². The summed E-state index contributed by atoms with van der Waals surface area (Å²) in [4.78, 5) is 27.1. The van der Waals surface area contributed by atoms with Crippen LogP contribution in [0.2, 0.25) is 0 Å². The van der Waals surface area contributed by atoms with Gasteiger partial charge in [-0.2, -0.15) is 0 Å². The Morgan fingerprint density at radius 3 is 2.68 bits per heavy atom. The summed E-state index contributed by atoms with van der Waals surface area (Å²) in [5.41, 5.74) is 0.809. The first-order valence-electron chi connectivity index (χ1n) is 6.52. The van der Waals surface area contributed by atoms with Crippen LogP contribution in [-0.2, 0) is 9.59 Å². The summed E-state index contributed by atoms with van der Waals surface area (Å²) in [5.74, 6) is -1.43. The lowest BCUT2D eigenvalue weighted by Gasteiger charge is -2.16. The Balaban J connectivity index is 1.90. The highest BCUT2D eigenvalue weighted by atomic mass is 16.4. The molecule has 1 aliphatic rings. The minimum Gasteiger partial charge on any atom is -0.481 e. The Hall–Kier alpha value is -1.91. The zero-order valence-electron chi connectivity index (χ0n) is 10.9. The lowest BCUT2D eigenvalue weighted by atomic mass is 10.0. The SMILES string of the molecule is CC(NC(=O)[C@@H]1CC[C@H](C(=O)O)C1)c1ccccn1. The normalized spacial score (nSPS) is 23.8. The number of aliphatic carboxylic acids is 1. The number of carboxylic acid groups (broad SMARTS) is 1. The van der Waals surface area contributed by atoms with E-state index < -0.39 is 5.97 Å². The second-order valence-electron chi connectivity index (χ2n) is 5.03. The monoisotopic (exact) mass is 262 g/mol. The molecule has 1 aromatic heterocycles. The fourth-order valence-corrected chi connectivity index (χ4v) is 2.48. The average molecular weight is 262 g/mol. The maximum absolute atomic E-state index is 12.1. The molecule has 2 N–H and O–H groups in total. The van der Waals surface area contributed by atoms with Crippen LogP contribution in [-0.4, -0.2) is 22.0 Å². The topological polar surface area (TPSA) is 79.3 Å². The van der Waals surface area contributed by atoms with E-state index in [9.17, 15) is 9.59 Å².